The van der Waals surface area contributed by atoms with Crippen molar-refractivity contribution in [1.82, 2.24) is 10.2 Å². The van der Waals surface area contributed by atoms with E-state index in [0.717, 1.165) is 25.4 Å². The van der Waals surface area contributed by atoms with Gasteiger partial charge in [0.15, 0.2) is 0 Å². The molecule has 0 spiro atoms. The van der Waals surface area contributed by atoms with Gasteiger partial charge in [0.1, 0.15) is 5.54 Å². The van der Waals surface area contributed by atoms with Crippen molar-refractivity contribution in [3.8, 4) is 0 Å². The maximum atomic E-state index is 11.9. The van der Waals surface area contributed by atoms with Crippen LogP contribution in [0.25, 0.3) is 0 Å². The lowest BCUT2D eigenvalue weighted by Gasteiger charge is -2.29. The highest BCUT2D eigenvalue weighted by atomic mass is 16.5. The average molecular weight is 270 g/mol. The van der Waals surface area contributed by atoms with E-state index >= 15 is 0 Å². The summed E-state index contributed by atoms with van der Waals surface area (Å²) in [6.07, 6.45) is 6.29. The van der Waals surface area contributed by atoms with Gasteiger partial charge in [-0.25, -0.2) is 0 Å². The van der Waals surface area contributed by atoms with E-state index in [1.807, 2.05) is 20.9 Å². The first kappa shape index (κ1) is 16.4. The molecule has 0 heterocycles. The summed E-state index contributed by atoms with van der Waals surface area (Å²) < 4.78 is 5.14. The smallest absolute Gasteiger partial charge is 0.326 e. The number of nitrogens with one attached hydrogen (secondary N) is 1. The van der Waals surface area contributed by atoms with E-state index in [2.05, 4.69) is 17.3 Å². The molecule has 0 amide bonds. The predicted molar refractivity (Wildman–Crippen MR) is 78.2 cm³/mol. The molecule has 1 aliphatic carbocycles. The van der Waals surface area contributed by atoms with E-state index in [9.17, 15) is 4.79 Å². The molecule has 1 rings (SSSR count). The third kappa shape index (κ3) is 5.11. The van der Waals surface area contributed by atoms with Gasteiger partial charge < -0.3 is 15.0 Å². The van der Waals surface area contributed by atoms with Crippen molar-refractivity contribution in [2.45, 2.75) is 51.5 Å². The van der Waals surface area contributed by atoms with Gasteiger partial charge in [0, 0.05) is 13.1 Å². The molecule has 0 saturated heterocycles. The van der Waals surface area contributed by atoms with Crippen LogP contribution in [0.4, 0.5) is 0 Å². The second-order valence-electron chi connectivity index (χ2n) is 5.97. The highest BCUT2D eigenvalue weighted by Crippen LogP contribution is 2.25. The first-order valence-corrected chi connectivity index (χ1v) is 7.56. The van der Waals surface area contributed by atoms with Crippen LogP contribution in [0.3, 0.4) is 0 Å². The summed E-state index contributed by atoms with van der Waals surface area (Å²) in [5.74, 6) is 0.709. The van der Waals surface area contributed by atoms with Crippen molar-refractivity contribution in [1.29, 1.82) is 0 Å². The number of carbonyl (C=O) groups is 1. The number of hydrogen-bond donors (Lipinski definition) is 1. The van der Waals surface area contributed by atoms with Crippen molar-refractivity contribution < 1.29 is 9.53 Å². The Kier molecular flexibility index (Phi) is 6.80. The lowest BCUT2D eigenvalue weighted by molar-refractivity contribution is -0.150. The third-order valence-electron chi connectivity index (χ3n) is 4.32. The largest absolute Gasteiger partial charge is 0.465 e. The van der Waals surface area contributed by atoms with Gasteiger partial charge in [-0.15, -0.1) is 0 Å². The number of rotatable bonds is 8. The van der Waals surface area contributed by atoms with Crippen LogP contribution in [0, 0.1) is 5.92 Å². The quantitative estimate of drug-likeness (QED) is 0.685. The summed E-state index contributed by atoms with van der Waals surface area (Å²) >= 11 is 0. The Morgan fingerprint density at radius 1 is 1.42 bits per heavy atom. The number of esters is 1. The molecular formula is C15H30N2O2. The minimum atomic E-state index is -0.569. The number of likely N-dealkylation sites (N-methyl/N-ethyl adjacent to an activating group) is 1. The maximum absolute atomic E-state index is 11.9. The average Bonchev–Trinajstić information content (AvgIpc) is 2.89. The van der Waals surface area contributed by atoms with E-state index in [4.69, 9.17) is 4.74 Å². The summed E-state index contributed by atoms with van der Waals surface area (Å²) in [7, 11) is 3.98. The number of ether oxygens (including phenoxy) is 1. The molecule has 1 aliphatic rings. The third-order valence-corrected chi connectivity index (χ3v) is 4.32. The molecule has 0 aromatic rings. The Bertz CT molecular complexity index is 277. The van der Waals surface area contributed by atoms with E-state index in [1.165, 1.54) is 25.7 Å². The van der Waals surface area contributed by atoms with E-state index < -0.39 is 5.54 Å². The van der Waals surface area contributed by atoms with Crippen LogP contribution >= 0.6 is 0 Å². The Hall–Kier alpha value is -0.610. The van der Waals surface area contributed by atoms with Gasteiger partial charge in [0.2, 0.25) is 0 Å². The van der Waals surface area contributed by atoms with Gasteiger partial charge in [0.25, 0.3) is 0 Å². The Morgan fingerprint density at radius 2 is 2.05 bits per heavy atom. The van der Waals surface area contributed by atoms with Crippen LogP contribution in [0.2, 0.25) is 0 Å². The van der Waals surface area contributed by atoms with Gasteiger partial charge in [0.05, 0.1) is 6.61 Å². The molecule has 19 heavy (non-hydrogen) atoms. The van der Waals surface area contributed by atoms with Gasteiger partial charge in [-0.2, -0.15) is 0 Å². The molecular weight excluding hydrogens is 240 g/mol. The van der Waals surface area contributed by atoms with Crippen LogP contribution in [0.1, 0.15) is 46.0 Å². The van der Waals surface area contributed by atoms with Crippen molar-refractivity contribution in [2.24, 2.45) is 5.92 Å². The molecule has 1 fully saturated rings. The zero-order chi connectivity index (χ0) is 14.3. The molecule has 1 atom stereocenters. The van der Waals surface area contributed by atoms with Gasteiger partial charge in [-0.3, -0.25) is 4.79 Å². The lowest BCUT2D eigenvalue weighted by Crippen LogP contribution is -2.50. The van der Waals surface area contributed by atoms with Crippen molar-refractivity contribution in [3.63, 3.8) is 0 Å². The normalized spacial score (nSPS) is 19.6. The molecule has 112 valence electrons. The van der Waals surface area contributed by atoms with Crippen molar-refractivity contribution in [2.75, 3.05) is 33.8 Å². The Balaban J connectivity index is 2.36. The second kappa shape index (κ2) is 7.85. The van der Waals surface area contributed by atoms with Gasteiger partial charge in [-0.1, -0.05) is 12.8 Å². The van der Waals surface area contributed by atoms with Crippen molar-refractivity contribution >= 4 is 5.97 Å². The monoisotopic (exact) mass is 270 g/mol. The summed E-state index contributed by atoms with van der Waals surface area (Å²) in [5, 5.41) is 3.11. The predicted octanol–water partition coefficient (Wildman–Crippen LogP) is 2.04. The molecule has 4 heteroatoms. The minimum absolute atomic E-state index is 0.147. The second-order valence-corrected chi connectivity index (χ2v) is 5.97. The van der Waals surface area contributed by atoms with E-state index in [-0.39, 0.29) is 5.97 Å². The fourth-order valence-electron chi connectivity index (χ4n) is 2.76. The van der Waals surface area contributed by atoms with E-state index in [1.54, 1.807) is 0 Å². The molecule has 0 aromatic carbocycles. The maximum Gasteiger partial charge on any atom is 0.326 e. The van der Waals surface area contributed by atoms with Crippen LogP contribution in [-0.2, 0) is 9.53 Å². The van der Waals surface area contributed by atoms with Crippen LogP contribution < -0.4 is 5.32 Å². The Labute approximate surface area is 117 Å². The van der Waals surface area contributed by atoms with Crippen LogP contribution in [0.5, 0.6) is 0 Å². The summed E-state index contributed by atoms with van der Waals surface area (Å²) in [6, 6.07) is 0. The Morgan fingerprint density at radius 3 is 2.58 bits per heavy atom. The fraction of sp³-hybridized carbons (Fsp3) is 0.933. The summed E-state index contributed by atoms with van der Waals surface area (Å²) in [4.78, 5) is 14.3. The molecule has 1 saturated carbocycles. The molecule has 0 aliphatic heterocycles. The van der Waals surface area contributed by atoms with Crippen LogP contribution in [0.15, 0.2) is 0 Å². The van der Waals surface area contributed by atoms with Crippen LogP contribution in [-0.4, -0.2) is 50.2 Å². The van der Waals surface area contributed by atoms with Gasteiger partial charge >= 0.3 is 5.97 Å². The molecule has 4 nitrogen and oxygen atoms in total. The van der Waals surface area contributed by atoms with Gasteiger partial charge in [-0.05, 0) is 53.1 Å². The molecule has 0 bridgehead atoms. The fourth-order valence-corrected chi connectivity index (χ4v) is 2.76. The zero-order valence-corrected chi connectivity index (χ0v) is 13.0. The summed E-state index contributed by atoms with van der Waals surface area (Å²) in [6.45, 7) is 6.29. The standard InChI is InChI=1S/C15H30N2O2/c1-5-19-14(18)15(2,16-3)10-11-17(4)12-13-8-6-7-9-13/h13,16H,5-12H2,1-4H3. The number of carbonyl (C=O) groups excluding carboxylic acids is 1. The number of hydrogen-bond acceptors (Lipinski definition) is 4. The molecule has 0 radical (unpaired) electrons. The molecule has 0 aromatic heterocycles. The molecule has 1 unspecified atom stereocenters. The first-order valence-electron chi connectivity index (χ1n) is 7.56. The lowest BCUT2D eigenvalue weighted by atomic mass is 9.97. The molecule has 1 N–H and O–H groups in total. The first-order chi connectivity index (χ1) is 9.01. The zero-order valence-electron chi connectivity index (χ0n) is 13.0. The number of nitrogens with zero attached hydrogens (tertiary/aromatic N) is 1. The minimum Gasteiger partial charge on any atom is -0.465 e. The highest BCUT2D eigenvalue weighted by molar-refractivity contribution is 5.80. The van der Waals surface area contributed by atoms with Crippen molar-refractivity contribution in [3.05, 3.63) is 0 Å². The summed E-state index contributed by atoms with van der Waals surface area (Å²) in [5.41, 5.74) is -0.569. The highest BCUT2D eigenvalue weighted by Gasteiger charge is 2.33. The van der Waals surface area contributed by atoms with E-state index in [0.29, 0.717) is 6.61 Å². The topological polar surface area (TPSA) is 41.6 Å². The SMILES string of the molecule is CCOC(=O)C(C)(CCN(C)CC1CCCC1)NC.